The normalized spacial score (nSPS) is 12.0. The van der Waals surface area contributed by atoms with E-state index in [4.69, 9.17) is 0 Å². The topological polar surface area (TPSA) is 99.3 Å². The van der Waals surface area contributed by atoms with E-state index in [1.165, 1.54) is 6.92 Å². The number of hydrogen-bond acceptors (Lipinski definition) is 3. The van der Waals surface area contributed by atoms with Crippen molar-refractivity contribution in [1.29, 1.82) is 0 Å². The fourth-order valence-electron chi connectivity index (χ4n) is 1.84. The number of rotatable bonds is 6. The number of anilines is 1. The van der Waals surface area contributed by atoms with Crippen LogP contribution in [-0.2, 0) is 9.59 Å². The van der Waals surface area contributed by atoms with Crippen molar-refractivity contribution in [2.45, 2.75) is 26.1 Å². The summed E-state index contributed by atoms with van der Waals surface area (Å²) in [6.45, 7) is 1.00. The van der Waals surface area contributed by atoms with Crippen molar-refractivity contribution >= 4 is 23.5 Å². The zero-order valence-electron chi connectivity index (χ0n) is 13.7. The first-order chi connectivity index (χ1) is 11.6. The van der Waals surface area contributed by atoms with Gasteiger partial charge >= 0.3 is 12.2 Å². The number of urea groups is 1. The molecule has 0 heterocycles. The van der Waals surface area contributed by atoms with Crippen LogP contribution >= 0.6 is 0 Å². The Hall–Kier alpha value is -2.78. The molecule has 10 heteroatoms. The summed E-state index contributed by atoms with van der Waals surface area (Å²) < 4.78 is 35.8. The van der Waals surface area contributed by atoms with Gasteiger partial charge in [-0.3, -0.25) is 9.59 Å². The van der Waals surface area contributed by atoms with Gasteiger partial charge in [0.15, 0.2) is 0 Å². The number of carbonyl (C=O) groups excluding carboxylic acids is 3. The lowest BCUT2D eigenvalue weighted by Crippen LogP contribution is -2.44. The first kappa shape index (κ1) is 20.3. The van der Waals surface area contributed by atoms with Crippen molar-refractivity contribution in [1.82, 2.24) is 16.0 Å². The minimum absolute atomic E-state index is 0.236. The van der Waals surface area contributed by atoms with Gasteiger partial charge in [0.25, 0.3) is 0 Å². The average molecular weight is 360 g/mol. The second-order valence-electron chi connectivity index (χ2n) is 5.25. The second-order valence-corrected chi connectivity index (χ2v) is 5.25. The maximum atomic E-state index is 11.9. The predicted molar refractivity (Wildman–Crippen MR) is 84.8 cm³/mol. The summed E-state index contributed by atoms with van der Waals surface area (Å²) in [4.78, 5) is 33.9. The summed E-state index contributed by atoms with van der Waals surface area (Å²) in [5.41, 5.74) is 1.26. The molecule has 1 atom stereocenters. The highest BCUT2D eigenvalue weighted by Crippen LogP contribution is 2.17. The molecule has 0 aliphatic carbocycles. The third-order valence-corrected chi connectivity index (χ3v) is 2.95. The molecular weight excluding hydrogens is 341 g/mol. The Morgan fingerprint density at radius 3 is 2.44 bits per heavy atom. The highest BCUT2D eigenvalue weighted by Gasteiger charge is 2.27. The van der Waals surface area contributed by atoms with E-state index < -0.39 is 37.2 Å². The number of carbonyl (C=O) groups is 3. The van der Waals surface area contributed by atoms with Crippen LogP contribution in [0.15, 0.2) is 24.3 Å². The van der Waals surface area contributed by atoms with Crippen molar-refractivity contribution in [2.24, 2.45) is 0 Å². The Morgan fingerprint density at radius 2 is 1.84 bits per heavy atom. The fraction of sp³-hybridized carbons (Fsp3) is 0.400. The Bertz CT molecular complexity index is 635. The molecule has 7 nitrogen and oxygen atoms in total. The van der Waals surface area contributed by atoms with E-state index in [9.17, 15) is 27.6 Å². The molecule has 1 aromatic rings. The van der Waals surface area contributed by atoms with Gasteiger partial charge < -0.3 is 21.3 Å². The van der Waals surface area contributed by atoms with E-state index in [1.807, 2.05) is 0 Å². The van der Waals surface area contributed by atoms with Crippen LogP contribution in [0.4, 0.5) is 23.7 Å². The van der Waals surface area contributed by atoms with Crippen LogP contribution in [0.25, 0.3) is 0 Å². The lowest BCUT2D eigenvalue weighted by atomic mass is 10.1. The summed E-state index contributed by atoms with van der Waals surface area (Å²) in [5, 5.41) is 8.96. The van der Waals surface area contributed by atoms with Gasteiger partial charge in [0.05, 0.1) is 12.6 Å². The first-order valence-electron chi connectivity index (χ1n) is 7.32. The third-order valence-electron chi connectivity index (χ3n) is 2.95. The quantitative estimate of drug-likeness (QED) is 0.621. The Labute approximate surface area is 142 Å². The van der Waals surface area contributed by atoms with Crippen LogP contribution in [0.1, 0.15) is 25.5 Å². The van der Waals surface area contributed by atoms with Crippen molar-refractivity contribution in [3.63, 3.8) is 0 Å². The molecule has 0 radical (unpaired) electrons. The van der Waals surface area contributed by atoms with E-state index in [-0.39, 0.29) is 5.91 Å². The Balaban J connectivity index is 2.46. The van der Waals surface area contributed by atoms with Crippen LogP contribution in [-0.4, -0.2) is 37.1 Å². The molecule has 25 heavy (non-hydrogen) atoms. The number of benzene rings is 1. The van der Waals surface area contributed by atoms with Gasteiger partial charge in [-0.2, -0.15) is 13.2 Å². The number of nitrogens with one attached hydrogen (secondary N) is 4. The lowest BCUT2D eigenvalue weighted by Gasteiger charge is -2.16. The molecule has 1 unspecified atom stereocenters. The number of halogens is 3. The van der Waals surface area contributed by atoms with Gasteiger partial charge in [0, 0.05) is 12.6 Å². The van der Waals surface area contributed by atoms with E-state index in [2.05, 4.69) is 16.0 Å². The maximum absolute atomic E-state index is 11.9. The monoisotopic (exact) mass is 360 g/mol. The largest absolute Gasteiger partial charge is 0.405 e. The fourth-order valence-corrected chi connectivity index (χ4v) is 1.84. The first-order valence-corrected chi connectivity index (χ1v) is 7.32. The molecule has 0 spiro atoms. The molecule has 0 bridgehead atoms. The maximum Gasteiger partial charge on any atom is 0.405 e. The number of amides is 4. The Kier molecular flexibility index (Phi) is 7.22. The summed E-state index contributed by atoms with van der Waals surface area (Å²) in [6.07, 6.45) is -4.51. The van der Waals surface area contributed by atoms with Crippen molar-refractivity contribution in [2.75, 3.05) is 18.4 Å². The number of hydrogen-bond donors (Lipinski definition) is 4. The van der Waals surface area contributed by atoms with Gasteiger partial charge in [-0.05, 0) is 24.6 Å². The predicted octanol–water partition coefficient (Wildman–Crippen LogP) is 1.68. The van der Waals surface area contributed by atoms with Gasteiger partial charge in [-0.1, -0.05) is 12.1 Å². The van der Waals surface area contributed by atoms with Crippen LogP contribution in [0.3, 0.4) is 0 Å². The molecule has 0 saturated carbocycles. The molecule has 1 rings (SSSR count). The molecule has 4 N–H and O–H groups in total. The van der Waals surface area contributed by atoms with Crippen molar-refractivity contribution in [3.05, 3.63) is 29.8 Å². The summed E-state index contributed by atoms with van der Waals surface area (Å²) in [7, 11) is 0. The van der Waals surface area contributed by atoms with Gasteiger partial charge in [0.2, 0.25) is 11.8 Å². The zero-order chi connectivity index (χ0) is 19.0. The van der Waals surface area contributed by atoms with Crippen molar-refractivity contribution in [3.8, 4) is 0 Å². The minimum Gasteiger partial charge on any atom is -0.345 e. The number of alkyl halides is 3. The van der Waals surface area contributed by atoms with Gasteiger partial charge in [0.1, 0.15) is 6.54 Å². The molecule has 138 valence electrons. The van der Waals surface area contributed by atoms with E-state index >= 15 is 0 Å². The van der Waals surface area contributed by atoms with Crippen molar-refractivity contribution < 1.29 is 27.6 Å². The third kappa shape index (κ3) is 8.58. The smallest absolute Gasteiger partial charge is 0.345 e. The molecular formula is C15H19F3N4O3. The summed E-state index contributed by atoms with van der Waals surface area (Å²) in [6, 6.07) is 5.62. The molecule has 1 aromatic carbocycles. The molecule has 0 fully saturated rings. The molecule has 0 aliphatic rings. The van der Waals surface area contributed by atoms with Crippen LogP contribution in [0.2, 0.25) is 0 Å². The molecule has 0 aromatic heterocycles. The van der Waals surface area contributed by atoms with Crippen LogP contribution in [0, 0.1) is 0 Å². The standard InChI is InChI=1S/C15H19F3N4O3/c1-9(11-4-3-5-12(6-11)22-10(2)23)21-14(25)19-7-13(24)20-8-15(16,17)18/h3-6,9H,7-8H2,1-2H3,(H,20,24)(H,22,23)(H2,19,21,25). The SMILES string of the molecule is CC(=O)Nc1cccc(C(C)NC(=O)NCC(=O)NCC(F)(F)F)c1. The highest BCUT2D eigenvalue weighted by atomic mass is 19.4. The molecule has 4 amide bonds. The summed E-state index contributed by atoms with van der Waals surface area (Å²) >= 11 is 0. The highest BCUT2D eigenvalue weighted by molar-refractivity contribution is 5.88. The van der Waals surface area contributed by atoms with Crippen LogP contribution in [0.5, 0.6) is 0 Å². The van der Waals surface area contributed by atoms with Gasteiger partial charge in [-0.15, -0.1) is 0 Å². The average Bonchev–Trinajstić information content (AvgIpc) is 2.49. The van der Waals surface area contributed by atoms with Gasteiger partial charge in [-0.25, -0.2) is 4.79 Å². The second kappa shape index (κ2) is 8.90. The summed E-state index contributed by atoms with van der Waals surface area (Å²) in [5.74, 6) is -1.19. The minimum atomic E-state index is -4.51. The van der Waals surface area contributed by atoms with E-state index in [0.717, 1.165) is 0 Å². The van der Waals surface area contributed by atoms with E-state index in [1.54, 1.807) is 36.5 Å². The zero-order valence-corrected chi connectivity index (χ0v) is 13.7. The lowest BCUT2D eigenvalue weighted by molar-refractivity contribution is -0.137. The molecule has 0 aliphatic heterocycles. The Morgan fingerprint density at radius 1 is 1.16 bits per heavy atom. The molecule has 0 saturated heterocycles. The van der Waals surface area contributed by atoms with Crippen LogP contribution < -0.4 is 21.3 Å². The van der Waals surface area contributed by atoms with E-state index in [0.29, 0.717) is 11.3 Å².